The third kappa shape index (κ3) is 6.50. The summed E-state index contributed by atoms with van der Waals surface area (Å²) < 4.78 is 0. The third-order valence-electron chi connectivity index (χ3n) is 4.81. The molecule has 0 radical (unpaired) electrons. The number of amides is 2. The van der Waals surface area contributed by atoms with Gasteiger partial charge in [0, 0.05) is 32.6 Å². The molecule has 0 unspecified atom stereocenters. The van der Waals surface area contributed by atoms with Crippen molar-refractivity contribution in [1.29, 1.82) is 0 Å². The number of aryl methyl sites for hydroxylation is 1. The van der Waals surface area contributed by atoms with Gasteiger partial charge in [-0.2, -0.15) is 0 Å². The highest BCUT2D eigenvalue weighted by Gasteiger charge is 2.23. The van der Waals surface area contributed by atoms with E-state index in [0.717, 1.165) is 37.8 Å². The average molecular weight is 345 g/mol. The fourth-order valence-corrected chi connectivity index (χ4v) is 3.13. The van der Waals surface area contributed by atoms with E-state index >= 15 is 0 Å². The van der Waals surface area contributed by atoms with Gasteiger partial charge >= 0.3 is 0 Å². The Morgan fingerprint density at radius 1 is 0.880 bits per heavy atom. The summed E-state index contributed by atoms with van der Waals surface area (Å²) >= 11 is 0. The smallest absolute Gasteiger partial charge is 0.227 e. The van der Waals surface area contributed by atoms with Gasteiger partial charge in [0.2, 0.25) is 11.8 Å². The Morgan fingerprint density at radius 3 is 2.04 bits per heavy atom. The Labute approximate surface area is 151 Å². The number of hydrogen-bond acceptors (Lipinski definition) is 3. The zero-order valence-corrected chi connectivity index (χ0v) is 15.4. The molecule has 0 saturated carbocycles. The average Bonchev–Trinajstić information content (AvgIpc) is 2.63. The van der Waals surface area contributed by atoms with Gasteiger partial charge in [-0.15, -0.1) is 0 Å². The highest BCUT2D eigenvalue weighted by Crippen LogP contribution is 2.11. The molecule has 0 bridgehead atoms. The van der Waals surface area contributed by atoms with E-state index in [2.05, 4.69) is 0 Å². The number of hydrogen-bond donors (Lipinski definition) is 1. The van der Waals surface area contributed by atoms with Crippen molar-refractivity contribution in [2.24, 2.45) is 5.73 Å². The van der Waals surface area contributed by atoms with Crippen LogP contribution >= 0.6 is 0 Å². The Bertz CT molecular complexity index is 549. The van der Waals surface area contributed by atoms with Crippen LogP contribution in [0.4, 0.5) is 0 Å². The zero-order valence-electron chi connectivity index (χ0n) is 15.4. The number of piperazine rings is 1. The molecule has 1 saturated heterocycles. The molecule has 0 spiro atoms. The molecule has 1 fully saturated rings. The minimum Gasteiger partial charge on any atom is -0.339 e. The van der Waals surface area contributed by atoms with Crippen LogP contribution in [0.2, 0.25) is 0 Å². The molecular weight excluding hydrogens is 314 g/mol. The standard InChI is InChI=1S/C20H31N3O2/c1-17-7-9-18(10-8-17)16-20(25)23-14-12-22(13-15-23)19(24)6-4-2-3-5-11-21/h7-10H,2-6,11-16,21H2,1H3. The second kappa shape index (κ2) is 10.2. The number of benzene rings is 1. The van der Waals surface area contributed by atoms with E-state index in [1.54, 1.807) is 0 Å². The second-order valence-electron chi connectivity index (χ2n) is 6.88. The maximum atomic E-state index is 12.4. The van der Waals surface area contributed by atoms with Gasteiger partial charge in [0.05, 0.1) is 6.42 Å². The lowest BCUT2D eigenvalue weighted by Gasteiger charge is -2.35. The monoisotopic (exact) mass is 345 g/mol. The molecule has 0 aromatic heterocycles. The van der Waals surface area contributed by atoms with Crippen molar-refractivity contribution in [1.82, 2.24) is 9.80 Å². The predicted octanol–water partition coefficient (Wildman–Crippen LogP) is 2.12. The molecule has 2 rings (SSSR count). The largest absolute Gasteiger partial charge is 0.339 e. The number of carbonyl (C=O) groups excluding carboxylic acids is 2. The first-order valence-corrected chi connectivity index (χ1v) is 9.41. The molecule has 2 amide bonds. The molecule has 138 valence electrons. The van der Waals surface area contributed by atoms with E-state index in [9.17, 15) is 9.59 Å². The van der Waals surface area contributed by atoms with Gasteiger partial charge in [-0.1, -0.05) is 42.7 Å². The summed E-state index contributed by atoms with van der Waals surface area (Å²) in [6.45, 7) is 5.36. The fourth-order valence-electron chi connectivity index (χ4n) is 3.13. The van der Waals surface area contributed by atoms with E-state index in [4.69, 9.17) is 5.73 Å². The van der Waals surface area contributed by atoms with Crippen LogP contribution in [0.5, 0.6) is 0 Å². The van der Waals surface area contributed by atoms with Crippen LogP contribution in [0.3, 0.4) is 0 Å². The molecule has 1 aliphatic heterocycles. The molecule has 0 aliphatic carbocycles. The zero-order chi connectivity index (χ0) is 18.1. The summed E-state index contributed by atoms with van der Waals surface area (Å²) in [6.07, 6.45) is 5.20. The van der Waals surface area contributed by atoms with E-state index in [1.807, 2.05) is 41.0 Å². The Hall–Kier alpha value is -1.88. The van der Waals surface area contributed by atoms with Crippen molar-refractivity contribution in [3.8, 4) is 0 Å². The third-order valence-corrected chi connectivity index (χ3v) is 4.81. The summed E-state index contributed by atoms with van der Waals surface area (Å²) in [5.74, 6) is 0.371. The van der Waals surface area contributed by atoms with E-state index < -0.39 is 0 Å². The topological polar surface area (TPSA) is 66.6 Å². The summed E-state index contributed by atoms with van der Waals surface area (Å²) in [5, 5.41) is 0. The van der Waals surface area contributed by atoms with Crippen LogP contribution in [0, 0.1) is 6.92 Å². The van der Waals surface area contributed by atoms with Crippen molar-refractivity contribution in [2.45, 2.75) is 45.4 Å². The first-order chi connectivity index (χ1) is 12.1. The number of unbranched alkanes of at least 4 members (excludes halogenated alkanes) is 3. The summed E-state index contributed by atoms with van der Waals surface area (Å²) in [5.41, 5.74) is 7.72. The van der Waals surface area contributed by atoms with Gasteiger partial charge in [-0.05, 0) is 31.9 Å². The Kier molecular flexibility index (Phi) is 7.92. The second-order valence-corrected chi connectivity index (χ2v) is 6.88. The molecule has 5 nitrogen and oxygen atoms in total. The van der Waals surface area contributed by atoms with Crippen molar-refractivity contribution in [3.63, 3.8) is 0 Å². The fraction of sp³-hybridized carbons (Fsp3) is 0.600. The summed E-state index contributed by atoms with van der Waals surface area (Å²) in [6, 6.07) is 8.09. The summed E-state index contributed by atoms with van der Waals surface area (Å²) in [7, 11) is 0. The number of nitrogens with zero attached hydrogens (tertiary/aromatic N) is 2. The van der Waals surface area contributed by atoms with Crippen molar-refractivity contribution in [3.05, 3.63) is 35.4 Å². The normalized spacial score (nSPS) is 14.6. The molecule has 1 aliphatic rings. The number of nitrogens with two attached hydrogens (primary N) is 1. The molecule has 0 atom stereocenters. The quantitative estimate of drug-likeness (QED) is 0.734. The van der Waals surface area contributed by atoms with Gasteiger partial charge in [0.15, 0.2) is 0 Å². The lowest BCUT2D eigenvalue weighted by atomic mass is 10.1. The lowest BCUT2D eigenvalue weighted by Crippen LogP contribution is -2.50. The predicted molar refractivity (Wildman–Crippen MR) is 100 cm³/mol. The maximum absolute atomic E-state index is 12.4. The van der Waals surface area contributed by atoms with E-state index in [0.29, 0.717) is 39.0 Å². The SMILES string of the molecule is Cc1ccc(CC(=O)N2CCN(C(=O)CCCCCCN)CC2)cc1. The number of rotatable bonds is 8. The Balaban J connectivity index is 1.68. The van der Waals surface area contributed by atoms with Crippen LogP contribution in [0.15, 0.2) is 24.3 Å². The van der Waals surface area contributed by atoms with Gasteiger partial charge < -0.3 is 15.5 Å². The van der Waals surface area contributed by atoms with E-state index in [-0.39, 0.29) is 11.8 Å². The van der Waals surface area contributed by atoms with Gasteiger partial charge in [0.25, 0.3) is 0 Å². The van der Waals surface area contributed by atoms with E-state index in [1.165, 1.54) is 5.56 Å². The minimum atomic E-state index is 0.151. The van der Waals surface area contributed by atoms with Crippen molar-refractivity contribution in [2.75, 3.05) is 32.7 Å². The summed E-state index contributed by atoms with van der Waals surface area (Å²) in [4.78, 5) is 28.4. The van der Waals surface area contributed by atoms with Crippen LogP contribution in [-0.2, 0) is 16.0 Å². The molecule has 1 heterocycles. The molecule has 25 heavy (non-hydrogen) atoms. The van der Waals surface area contributed by atoms with Gasteiger partial charge in [-0.25, -0.2) is 0 Å². The molecule has 1 aromatic rings. The molecule has 2 N–H and O–H groups in total. The Morgan fingerprint density at radius 2 is 1.44 bits per heavy atom. The highest BCUT2D eigenvalue weighted by molar-refractivity contribution is 5.80. The highest BCUT2D eigenvalue weighted by atomic mass is 16.2. The molecule has 5 heteroatoms. The van der Waals surface area contributed by atoms with Gasteiger partial charge in [0.1, 0.15) is 0 Å². The van der Waals surface area contributed by atoms with Crippen molar-refractivity contribution >= 4 is 11.8 Å². The molecular formula is C20H31N3O2. The number of carbonyl (C=O) groups is 2. The first kappa shape index (κ1) is 19.4. The van der Waals surface area contributed by atoms with Crippen LogP contribution in [0.1, 0.15) is 43.2 Å². The molecule has 1 aromatic carbocycles. The van der Waals surface area contributed by atoms with Crippen molar-refractivity contribution < 1.29 is 9.59 Å². The van der Waals surface area contributed by atoms with Crippen LogP contribution in [0.25, 0.3) is 0 Å². The van der Waals surface area contributed by atoms with Crippen LogP contribution < -0.4 is 5.73 Å². The first-order valence-electron chi connectivity index (χ1n) is 9.41. The van der Waals surface area contributed by atoms with Crippen LogP contribution in [-0.4, -0.2) is 54.3 Å². The van der Waals surface area contributed by atoms with Gasteiger partial charge in [-0.3, -0.25) is 9.59 Å². The minimum absolute atomic E-state index is 0.151. The maximum Gasteiger partial charge on any atom is 0.227 e. The lowest BCUT2D eigenvalue weighted by molar-refractivity contribution is -0.139.